The van der Waals surface area contributed by atoms with Crippen LogP contribution in [-0.4, -0.2) is 40.7 Å². The molecule has 6 heteroatoms. The molecule has 5 nitrogen and oxygen atoms in total. The SMILES string of the molecule is CC(C)(C)OC(=O)N1CCCC1CNc1ccc(Br)nc1. The largest absolute Gasteiger partial charge is 0.444 e. The molecular formula is C15H22BrN3O2. The van der Waals surface area contributed by atoms with Crippen molar-refractivity contribution >= 4 is 27.7 Å². The first kappa shape index (κ1) is 16.1. The fourth-order valence-electron chi connectivity index (χ4n) is 2.32. The number of hydrogen-bond acceptors (Lipinski definition) is 4. The number of halogens is 1. The summed E-state index contributed by atoms with van der Waals surface area (Å²) < 4.78 is 6.27. The van der Waals surface area contributed by atoms with Gasteiger partial charge in [0.05, 0.1) is 17.9 Å². The highest BCUT2D eigenvalue weighted by Gasteiger charge is 2.31. The van der Waals surface area contributed by atoms with Crippen LogP contribution in [-0.2, 0) is 4.74 Å². The first-order valence-electron chi connectivity index (χ1n) is 7.20. The van der Waals surface area contributed by atoms with E-state index in [9.17, 15) is 4.79 Å². The van der Waals surface area contributed by atoms with Crippen LogP contribution in [0.3, 0.4) is 0 Å². The fraction of sp³-hybridized carbons (Fsp3) is 0.600. The Balaban J connectivity index is 1.90. The zero-order chi connectivity index (χ0) is 15.5. The second kappa shape index (κ2) is 6.64. The van der Waals surface area contributed by atoms with Gasteiger partial charge in [0, 0.05) is 13.1 Å². The summed E-state index contributed by atoms with van der Waals surface area (Å²) in [7, 11) is 0. The van der Waals surface area contributed by atoms with Gasteiger partial charge in [0.15, 0.2) is 0 Å². The average molecular weight is 356 g/mol. The van der Waals surface area contributed by atoms with Crippen molar-refractivity contribution in [2.75, 3.05) is 18.4 Å². The molecule has 0 saturated carbocycles. The predicted octanol–water partition coefficient (Wildman–Crippen LogP) is 3.66. The normalized spacial score (nSPS) is 18.7. The van der Waals surface area contributed by atoms with Crippen molar-refractivity contribution in [3.63, 3.8) is 0 Å². The van der Waals surface area contributed by atoms with E-state index in [1.165, 1.54) is 0 Å². The summed E-state index contributed by atoms with van der Waals surface area (Å²) in [5.41, 5.74) is 0.502. The van der Waals surface area contributed by atoms with Gasteiger partial charge in [0.25, 0.3) is 0 Å². The highest BCUT2D eigenvalue weighted by molar-refractivity contribution is 9.10. The van der Waals surface area contributed by atoms with E-state index in [-0.39, 0.29) is 12.1 Å². The number of ether oxygens (including phenoxy) is 1. The van der Waals surface area contributed by atoms with Crippen LogP contribution in [0.1, 0.15) is 33.6 Å². The van der Waals surface area contributed by atoms with Crippen LogP contribution in [0, 0.1) is 0 Å². The third-order valence-corrected chi connectivity index (χ3v) is 3.74. The number of carbonyl (C=O) groups is 1. The zero-order valence-corrected chi connectivity index (χ0v) is 14.3. The first-order chi connectivity index (χ1) is 9.85. The second-order valence-corrected chi connectivity index (χ2v) is 7.03. The number of pyridine rings is 1. The molecule has 21 heavy (non-hydrogen) atoms. The molecule has 1 amide bonds. The predicted molar refractivity (Wildman–Crippen MR) is 86.4 cm³/mol. The van der Waals surface area contributed by atoms with Gasteiger partial charge < -0.3 is 15.0 Å². The number of nitrogens with zero attached hydrogens (tertiary/aromatic N) is 2. The van der Waals surface area contributed by atoms with Crippen LogP contribution in [0.5, 0.6) is 0 Å². The monoisotopic (exact) mass is 355 g/mol. The summed E-state index contributed by atoms with van der Waals surface area (Å²) in [5.74, 6) is 0. The molecule has 0 aliphatic carbocycles. The van der Waals surface area contributed by atoms with Gasteiger partial charge in [0.2, 0.25) is 0 Å². The fourth-order valence-corrected chi connectivity index (χ4v) is 2.56. The molecular weight excluding hydrogens is 334 g/mol. The van der Waals surface area contributed by atoms with Gasteiger partial charge in [-0.2, -0.15) is 0 Å². The molecule has 2 rings (SSSR count). The number of likely N-dealkylation sites (tertiary alicyclic amines) is 1. The van der Waals surface area contributed by atoms with E-state index < -0.39 is 5.60 Å². The Kier molecular flexibility index (Phi) is 5.08. The first-order valence-corrected chi connectivity index (χ1v) is 7.99. The molecule has 1 fully saturated rings. The van der Waals surface area contributed by atoms with E-state index in [0.29, 0.717) is 6.54 Å². The molecule has 0 radical (unpaired) electrons. The van der Waals surface area contributed by atoms with E-state index in [0.717, 1.165) is 29.7 Å². The second-order valence-electron chi connectivity index (χ2n) is 6.22. The van der Waals surface area contributed by atoms with E-state index in [2.05, 4.69) is 26.2 Å². The lowest BCUT2D eigenvalue weighted by Crippen LogP contribution is -2.42. The Morgan fingerprint density at radius 1 is 1.52 bits per heavy atom. The maximum absolute atomic E-state index is 12.2. The number of hydrogen-bond donors (Lipinski definition) is 1. The van der Waals surface area contributed by atoms with Crippen molar-refractivity contribution in [2.24, 2.45) is 0 Å². The van der Waals surface area contributed by atoms with E-state index >= 15 is 0 Å². The summed E-state index contributed by atoms with van der Waals surface area (Å²) in [6.07, 6.45) is 3.57. The highest BCUT2D eigenvalue weighted by Crippen LogP contribution is 2.21. The zero-order valence-electron chi connectivity index (χ0n) is 12.7. The van der Waals surface area contributed by atoms with Gasteiger partial charge in [-0.15, -0.1) is 0 Å². The third kappa shape index (κ3) is 4.88. The minimum absolute atomic E-state index is 0.170. The van der Waals surface area contributed by atoms with Gasteiger partial charge in [-0.25, -0.2) is 9.78 Å². The Hall–Kier alpha value is -1.30. The van der Waals surface area contributed by atoms with Crippen LogP contribution in [0.2, 0.25) is 0 Å². The molecule has 1 aromatic rings. The van der Waals surface area contributed by atoms with Crippen molar-refractivity contribution in [1.82, 2.24) is 9.88 Å². The van der Waals surface area contributed by atoms with Gasteiger partial charge in [-0.3, -0.25) is 0 Å². The average Bonchev–Trinajstić information content (AvgIpc) is 2.84. The van der Waals surface area contributed by atoms with Crippen molar-refractivity contribution in [2.45, 2.75) is 45.3 Å². The molecule has 1 aromatic heterocycles. The lowest BCUT2D eigenvalue weighted by Gasteiger charge is -2.28. The Bertz CT molecular complexity index is 485. The molecule has 0 spiro atoms. The van der Waals surface area contributed by atoms with Gasteiger partial charge >= 0.3 is 6.09 Å². The smallest absolute Gasteiger partial charge is 0.410 e. The van der Waals surface area contributed by atoms with Gasteiger partial charge in [0.1, 0.15) is 10.2 Å². The number of amides is 1. The summed E-state index contributed by atoms with van der Waals surface area (Å²) in [5, 5.41) is 3.33. The van der Waals surface area contributed by atoms with Crippen LogP contribution >= 0.6 is 15.9 Å². The Labute approximate surface area is 134 Å². The summed E-state index contributed by atoms with van der Waals surface area (Å²) in [4.78, 5) is 18.2. The van der Waals surface area contributed by atoms with Crippen LogP contribution in [0.4, 0.5) is 10.5 Å². The minimum atomic E-state index is -0.451. The highest BCUT2D eigenvalue weighted by atomic mass is 79.9. The summed E-state index contributed by atoms with van der Waals surface area (Å²) >= 11 is 3.31. The Morgan fingerprint density at radius 2 is 2.29 bits per heavy atom. The van der Waals surface area contributed by atoms with Gasteiger partial charge in [-0.1, -0.05) is 0 Å². The number of nitrogens with one attached hydrogen (secondary N) is 1. The topological polar surface area (TPSA) is 54.5 Å². The van der Waals surface area contributed by atoms with Crippen LogP contribution in [0.15, 0.2) is 22.9 Å². The van der Waals surface area contributed by atoms with E-state index in [1.807, 2.05) is 37.8 Å². The van der Waals surface area contributed by atoms with Crippen molar-refractivity contribution < 1.29 is 9.53 Å². The van der Waals surface area contributed by atoms with Crippen molar-refractivity contribution in [3.8, 4) is 0 Å². The van der Waals surface area contributed by atoms with Crippen LogP contribution in [0.25, 0.3) is 0 Å². The Morgan fingerprint density at radius 3 is 2.90 bits per heavy atom. The standard InChI is InChI=1S/C15H22BrN3O2/c1-15(2,3)21-14(20)19-8-4-5-12(19)10-17-11-6-7-13(16)18-9-11/h6-7,9,12,17H,4-5,8,10H2,1-3H3. The number of anilines is 1. The van der Waals surface area contributed by atoms with Crippen LogP contribution < -0.4 is 5.32 Å². The molecule has 1 atom stereocenters. The minimum Gasteiger partial charge on any atom is -0.444 e. The molecule has 0 bridgehead atoms. The lowest BCUT2D eigenvalue weighted by molar-refractivity contribution is 0.0235. The molecule has 0 aromatic carbocycles. The molecule has 1 unspecified atom stereocenters. The van der Waals surface area contributed by atoms with E-state index in [4.69, 9.17) is 4.74 Å². The quantitative estimate of drug-likeness (QED) is 0.840. The molecule has 2 heterocycles. The van der Waals surface area contributed by atoms with Gasteiger partial charge in [-0.05, 0) is 61.7 Å². The molecule has 1 aliphatic heterocycles. The van der Waals surface area contributed by atoms with E-state index in [1.54, 1.807) is 6.20 Å². The number of carbonyl (C=O) groups excluding carboxylic acids is 1. The molecule has 1 saturated heterocycles. The summed E-state index contributed by atoms with van der Waals surface area (Å²) in [6.45, 7) is 7.15. The van der Waals surface area contributed by atoms with Crippen molar-refractivity contribution in [3.05, 3.63) is 22.9 Å². The molecule has 1 N–H and O–H groups in total. The molecule has 116 valence electrons. The third-order valence-electron chi connectivity index (χ3n) is 3.27. The van der Waals surface area contributed by atoms with Crippen molar-refractivity contribution in [1.29, 1.82) is 0 Å². The molecule has 1 aliphatic rings. The number of rotatable bonds is 3. The maximum atomic E-state index is 12.2. The summed E-state index contributed by atoms with van der Waals surface area (Å²) in [6, 6.07) is 4.02. The maximum Gasteiger partial charge on any atom is 0.410 e. The number of aromatic nitrogens is 1. The lowest BCUT2D eigenvalue weighted by atomic mass is 10.2.